The van der Waals surface area contributed by atoms with Gasteiger partial charge >= 0.3 is 17.9 Å². The summed E-state index contributed by atoms with van der Waals surface area (Å²) < 4.78 is 16.8. The molecule has 0 N–H and O–H groups in total. The van der Waals surface area contributed by atoms with Gasteiger partial charge in [-0.1, -0.05) is 234 Å². The molecular weight excluding hydrogens is 829 g/mol. The van der Waals surface area contributed by atoms with Gasteiger partial charge in [0.05, 0.1) is 0 Å². The fourth-order valence-electron chi connectivity index (χ4n) is 7.43. The van der Waals surface area contributed by atoms with E-state index in [1.807, 2.05) is 0 Å². The highest BCUT2D eigenvalue weighted by molar-refractivity contribution is 5.71. The highest BCUT2D eigenvalue weighted by atomic mass is 16.6. The minimum atomic E-state index is -0.815. The fourth-order valence-corrected chi connectivity index (χ4v) is 7.43. The number of ether oxygens (including phenoxy) is 3. The lowest BCUT2D eigenvalue weighted by Crippen LogP contribution is -2.30. The van der Waals surface area contributed by atoms with E-state index in [-0.39, 0.29) is 37.5 Å². The zero-order chi connectivity index (χ0) is 48.6. The zero-order valence-corrected chi connectivity index (χ0v) is 43.6. The van der Waals surface area contributed by atoms with Crippen LogP contribution in [0.25, 0.3) is 0 Å². The molecule has 6 nitrogen and oxygen atoms in total. The van der Waals surface area contributed by atoms with Crippen molar-refractivity contribution in [2.24, 2.45) is 0 Å². The highest BCUT2D eigenvalue weighted by Gasteiger charge is 2.19. The quantitative estimate of drug-likeness (QED) is 0.0262. The Morgan fingerprint density at radius 1 is 0.313 bits per heavy atom. The van der Waals surface area contributed by atoms with E-state index < -0.39 is 6.10 Å². The van der Waals surface area contributed by atoms with Crippen LogP contribution in [0.1, 0.15) is 252 Å². The van der Waals surface area contributed by atoms with Crippen molar-refractivity contribution in [3.8, 4) is 0 Å². The maximum absolute atomic E-state index is 12.8. The molecule has 0 spiro atoms. The number of hydrogen-bond donors (Lipinski definition) is 0. The molecule has 0 aromatic heterocycles. The standard InChI is InChI=1S/C61H102O6/c1-4-7-10-13-16-19-22-25-28-30-33-36-39-42-45-48-51-54-60(63)66-57-58(56-65-59(62)53-50-47-44-41-38-35-32-27-24-21-18-15-12-9-6-3)67-61(64)55-52-49-46-43-40-37-34-31-29-26-23-20-17-14-11-8-5-2/h7,10,16,18-19,21,25,27-28,32-33,36,38,41-42,45,58H,4-6,8-9,11-15,17,20,22-24,26,29-31,34-35,37,39-40,43-44,46-57H2,1-3H3/b10-7-,19-16-,21-18-,28-25-,32-27-,36-33-,41-38-,45-42-/t58-/m0/s1. The molecule has 1 atom stereocenters. The minimum Gasteiger partial charge on any atom is -0.462 e. The fraction of sp³-hybridized carbons (Fsp3) is 0.689. The van der Waals surface area contributed by atoms with Crippen LogP contribution in [0.2, 0.25) is 0 Å². The van der Waals surface area contributed by atoms with Crippen molar-refractivity contribution in [3.05, 3.63) is 97.2 Å². The Hall–Kier alpha value is -3.67. The van der Waals surface area contributed by atoms with Crippen molar-refractivity contribution in [2.45, 2.75) is 258 Å². The van der Waals surface area contributed by atoms with Gasteiger partial charge in [-0.2, -0.15) is 0 Å². The molecular formula is C61H102O6. The molecule has 0 aliphatic heterocycles. The van der Waals surface area contributed by atoms with Crippen LogP contribution in [-0.2, 0) is 28.6 Å². The number of carbonyl (C=O) groups is 3. The van der Waals surface area contributed by atoms with Gasteiger partial charge in [0, 0.05) is 19.3 Å². The van der Waals surface area contributed by atoms with E-state index in [4.69, 9.17) is 14.2 Å². The lowest BCUT2D eigenvalue weighted by molar-refractivity contribution is -0.167. The second kappa shape index (κ2) is 54.9. The third kappa shape index (κ3) is 53.2. The van der Waals surface area contributed by atoms with E-state index in [0.717, 1.165) is 89.9 Å². The Morgan fingerprint density at radius 2 is 0.597 bits per heavy atom. The second-order valence-electron chi connectivity index (χ2n) is 18.1. The van der Waals surface area contributed by atoms with Gasteiger partial charge < -0.3 is 14.2 Å². The van der Waals surface area contributed by atoms with Crippen molar-refractivity contribution in [1.29, 1.82) is 0 Å². The van der Waals surface area contributed by atoms with E-state index in [1.54, 1.807) is 0 Å². The van der Waals surface area contributed by atoms with Crippen LogP contribution < -0.4 is 0 Å². The Bertz CT molecular complexity index is 1350. The van der Waals surface area contributed by atoms with Crippen molar-refractivity contribution in [3.63, 3.8) is 0 Å². The summed E-state index contributed by atoms with van der Waals surface area (Å²) in [6, 6.07) is 0. The Balaban J connectivity index is 4.52. The number of allylic oxidation sites excluding steroid dienone is 16. The predicted molar refractivity (Wildman–Crippen MR) is 288 cm³/mol. The molecule has 0 rings (SSSR count). The first-order valence-electron chi connectivity index (χ1n) is 27.7. The third-order valence-electron chi connectivity index (χ3n) is 11.6. The van der Waals surface area contributed by atoms with Crippen LogP contribution in [0.15, 0.2) is 97.2 Å². The molecule has 67 heavy (non-hydrogen) atoms. The molecule has 0 fully saturated rings. The van der Waals surface area contributed by atoms with E-state index in [9.17, 15) is 14.4 Å². The summed E-state index contributed by atoms with van der Waals surface area (Å²) >= 11 is 0. The summed E-state index contributed by atoms with van der Waals surface area (Å²) in [6.45, 7) is 6.42. The molecule has 382 valence electrons. The summed E-state index contributed by atoms with van der Waals surface area (Å²) in [5.41, 5.74) is 0. The van der Waals surface area contributed by atoms with E-state index in [2.05, 4.69) is 118 Å². The van der Waals surface area contributed by atoms with Crippen molar-refractivity contribution >= 4 is 17.9 Å². The molecule has 0 amide bonds. The third-order valence-corrected chi connectivity index (χ3v) is 11.6. The van der Waals surface area contributed by atoms with Gasteiger partial charge in [0.1, 0.15) is 13.2 Å². The normalized spacial score (nSPS) is 12.8. The number of esters is 3. The molecule has 0 unspecified atom stereocenters. The SMILES string of the molecule is CC/C=C\C/C=C\C/C=C\C/C=C\C/C=C\CCCC(=O)OC[C@H](COC(=O)CCCC/C=C\C/C=C\C/C=C\CCCCC)OC(=O)CCCCCCCCCCCCCCCCCCC. The highest BCUT2D eigenvalue weighted by Crippen LogP contribution is 2.15. The van der Waals surface area contributed by atoms with Gasteiger partial charge in [0.25, 0.3) is 0 Å². The molecule has 0 aromatic carbocycles. The second-order valence-corrected chi connectivity index (χ2v) is 18.1. The van der Waals surface area contributed by atoms with Gasteiger partial charge in [-0.05, 0) is 96.3 Å². The van der Waals surface area contributed by atoms with Crippen LogP contribution in [0.4, 0.5) is 0 Å². The van der Waals surface area contributed by atoms with E-state index >= 15 is 0 Å². The summed E-state index contributed by atoms with van der Waals surface area (Å²) in [7, 11) is 0. The minimum absolute atomic E-state index is 0.114. The topological polar surface area (TPSA) is 78.9 Å². The van der Waals surface area contributed by atoms with Gasteiger partial charge in [-0.25, -0.2) is 0 Å². The molecule has 6 heteroatoms. The van der Waals surface area contributed by atoms with Gasteiger partial charge in [0.2, 0.25) is 0 Å². The average Bonchev–Trinajstić information content (AvgIpc) is 3.33. The first-order chi connectivity index (χ1) is 33.0. The van der Waals surface area contributed by atoms with Crippen molar-refractivity contribution in [2.75, 3.05) is 13.2 Å². The summed E-state index contributed by atoms with van der Waals surface area (Å²) in [4.78, 5) is 38.1. The van der Waals surface area contributed by atoms with Gasteiger partial charge in [0.15, 0.2) is 6.10 Å². The number of carbonyl (C=O) groups excluding carboxylic acids is 3. The van der Waals surface area contributed by atoms with Gasteiger partial charge in [-0.3, -0.25) is 14.4 Å². The number of unbranched alkanes of at least 4 members (excludes halogenated alkanes) is 22. The largest absolute Gasteiger partial charge is 0.462 e. The molecule has 0 saturated heterocycles. The van der Waals surface area contributed by atoms with Crippen LogP contribution in [0, 0.1) is 0 Å². The Labute approximate surface area is 413 Å². The summed E-state index contributed by atoms with van der Waals surface area (Å²) in [6.07, 6.45) is 72.6. The lowest BCUT2D eigenvalue weighted by atomic mass is 10.0. The molecule has 0 radical (unpaired) electrons. The maximum atomic E-state index is 12.8. The molecule has 0 aliphatic rings. The molecule has 0 aliphatic carbocycles. The zero-order valence-electron chi connectivity index (χ0n) is 43.6. The van der Waals surface area contributed by atoms with Gasteiger partial charge in [-0.15, -0.1) is 0 Å². The first kappa shape index (κ1) is 63.3. The smallest absolute Gasteiger partial charge is 0.306 e. The molecule has 0 bridgehead atoms. The lowest BCUT2D eigenvalue weighted by Gasteiger charge is -2.18. The predicted octanol–water partition coefficient (Wildman–Crippen LogP) is 18.5. The number of rotatable bonds is 49. The molecule has 0 aromatic rings. The van der Waals surface area contributed by atoms with Crippen molar-refractivity contribution in [1.82, 2.24) is 0 Å². The Morgan fingerprint density at radius 3 is 1.00 bits per heavy atom. The van der Waals surface area contributed by atoms with Crippen LogP contribution in [-0.4, -0.2) is 37.2 Å². The number of hydrogen-bond acceptors (Lipinski definition) is 6. The summed E-state index contributed by atoms with van der Waals surface area (Å²) in [5, 5.41) is 0. The van der Waals surface area contributed by atoms with Crippen molar-refractivity contribution < 1.29 is 28.6 Å². The molecule has 0 saturated carbocycles. The maximum Gasteiger partial charge on any atom is 0.306 e. The monoisotopic (exact) mass is 931 g/mol. The molecule has 0 heterocycles. The van der Waals surface area contributed by atoms with Crippen LogP contribution in [0.3, 0.4) is 0 Å². The van der Waals surface area contributed by atoms with E-state index in [1.165, 1.54) is 116 Å². The van der Waals surface area contributed by atoms with Crippen LogP contribution in [0.5, 0.6) is 0 Å². The first-order valence-corrected chi connectivity index (χ1v) is 27.7. The van der Waals surface area contributed by atoms with E-state index in [0.29, 0.717) is 19.3 Å². The average molecular weight is 931 g/mol. The van der Waals surface area contributed by atoms with Crippen LogP contribution >= 0.6 is 0 Å². The summed E-state index contributed by atoms with van der Waals surface area (Å²) in [5.74, 6) is -1.00. The Kier molecular flexibility index (Phi) is 51.9.